The molecule has 24 heavy (non-hydrogen) atoms. The lowest BCUT2D eigenvalue weighted by molar-refractivity contribution is 0.414. The van der Waals surface area contributed by atoms with Gasteiger partial charge in [0.15, 0.2) is 0 Å². The van der Waals surface area contributed by atoms with Crippen LogP contribution >= 0.6 is 0 Å². The number of ether oxygens (including phenoxy) is 1. The Morgan fingerprint density at radius 2 is 1.88 bits per heavy atom. The van der Waals surface area contributed by atoms with Crippen molar-refractivity contribution in [3.05, 3.63) is 41.6 Å². The van der Waals surface area contributed by atoms with Gasteiger partial charge in [0.2, 0.25) is 5.95 Å². The lowest BCUT2D eigenvalue weighted by Gasteiger charge is -2.14. The molecule has 0 radical (unpaired) electrons. The Labute approximate surface area is 143 Å². The van der Waals surface area contributed by atoms with E-state index >= 15 is 0 Å². The maximum absolute atomic E-state index is 5.18. The molecule has 1 aromatic heterocycles. The molecule has 1 aliphatic carbocycles. The van der Waals surface area contributed by atoms with Crippen LogP contribution in [0.5, 0.6) is 5.75 Å². The summed E-state index contributed by atoms with van der Waals surface area (Å²) in [6.45, 7) is 2.81. The third-order valence-electron chi connectivity index (χ3n) is 4.42. The molecule has 2 N–H and O–H groups in total. The quantitative estimate of drug-likeness (QED) is 0.810. The van der Waals surface area contributed by atoms with Gasteiger partial charge in [0.25, 0.3) is 0 Å². The summed E-state index contributed by atoms with van der Waals surface area (Å²) in [5.41, 5.74) is 2.25. The predicted octanol–water partition coefficient (Wildman–Crippen LogP) is 3.80. The Bertz CT molecular complexity index is 651. The number of hydrogen-bond acceptors (Lipinski definition) is 5. The molecule has 2 aromatic rings. The van der Waals surface area contributed by atoms with E-state index < -0.39 is 0 Å². The molecule has 5 nitrogen and oxygen atoms in total. The first-order chi connectivity index (χ1) is 11.7. The maximum atomic E-state index is 5.18. The molecule has 1 saturated carbocycles. The Morgan fingerprint density at radius 1 is 1.12 bits per heavy atom. The van der Waals surface area contributed by atoms with E-state index in [1.807, 2.05) is 25.1 Å². The van der Waals surface area contributed by atoms with E-state index in [1.54, 1.807) is 7.11 Å². The van der Waals surface area contributed by atoms with Crippen molar-refractivity contribution in [2.75, 3.05) is 24.3 Å². The fourth-order valence-electron chi connectivity index (χ4n) is 3.11. The van der Waals surface area contributed by atoms with E-state index in [0.717, 1.165) is 30.2 Å². The van der Waals surface area contributed by atoms with Gasteiger partial charge in [0.05, 0.1) is 7.11 Å². The molecule has 1 aliphatic rings. The van der Waals surface area contributed by atoms with Gasteiger partial charge in [-0.2, -0.15) is 4.98 Å². The average Bonchev–Trinajstić information content (AvgIpc) is 3.08. The molecular formula is C19H26N4O. The first-order valence-corrected chi connectivity index (χ1v) is 8.72. The number of aryl methyl sites for hydroxylation is 1. The van der Waals surface area contributed by atoms with E-state index in [0.29, 0.717) is 12.0 Å². The average molecular weight is 326 g/mol. The van der Waals surface area contributed by atoms with Crippen LogP contribution < -0.4 is 15.4 Å². The highest BCUT2D eigenvalue weighted by Gasteiger charge is 2.15. The van der Waals surface area contributed by atoms with Crippen LogP contribution in [0.15, 0.2) is 30.3 Å². The number of rotatable bonds is 7. The maximum Gasteiger partial charge on any atom is 0.224 e. The number of hydrogen-bond donors (Lipinski definition) is 2. The van der Waals surface area contributed by atoms with E-state index in [-0.39, 0.29) is 0 Å². The first-order valence-electron chi connectivity index (χ1n) is 8.72. The van der Waals surface area contributed by atoms with Crippen molar-refractivity contribution in [3.63, 3.8) is 0 Å². The summed E-state index contributed by atoms with van der Waals surface area (Å²) >= 11 is 0. The lowest BCUT2D eigenvalue weighted by Crippen LogP contribution is -2.17. The molecule has 0 saturated heterocycles. The highest BCUT2D eigenvalue weighted by molar-refractivity contribution is 5.43. The van der Waals surface area contributed by atoms with Crippen LogP contribution in [0.1, 0.15) is 36.9 Å². The van der Waals surface area contributed by atoms with Gasteiger partial charge in [-0.3, -0.25) is 0 Å². The molecule has 1 heterocycles. The second kappa shape index (κ2) is 7.99. The third kappa shape index (κ3) is 4.60. The molecule has 0 unspecified atom stereocenters. The molecular weight excluding hydrogens is 300 g/mol. The minimum atomic E-state index is 0.562. The van der Waals surface area contributed by atoms with Crippen molar-refractivity contribution in [1.82, 2.24) is 9.97 Å². The lowest BCUT2D eigenvalue weighted by atomic mass is 10.1. The van der Waals surface area contributed by atoms with Crippen molar-refractivity contribution in [2.24, 2.45) is 0 Å². The molecule has 0 aliphatic heterocycles. The number of nitrogens with zero attached hydrogens (tertiary/aromatic N) is 2. The van der Waals surface area contributed by atoms with Gasteiger partial charge in [-0.15, -0.1) is 0 Å². The molecule has 0 atom stereocenters. The molecule has 1 aromatic carbocycles. The standard InChI is InChI=1S/C19H26N4O/c1-14-13-18(22-16-5-3-4-6-16)23-19(21-14)20-12-11-15-7-9-17(24-2)10-8-15/h7-10,13,16H,3-6,11-12H2,1-2H3,(H2,20,21,22,23). The van der Waals surface area contributed by atoms with Gasteiger partial charge in [0.1, 0.15) is 11.6 Å². The minimum absolute atomic E-state index is 0.562. The van der Waals surface area contributed by atoms with Crippen molar-refractivity contribution >= 4 is 11.8 Å². The number of nitrogens with one attached hydrogen (secondary N) is 2. The summed E-state index contributed by atoms with van der Waals surface area (Å²) in [5.74, 6) is 2.52. The molecule has 0 bridgehead atoms. The normalized spacial score (nSPS) is 14.6. The zero-order valence-corrected chi connectivity index (χ0v) is 14.5. The van der Waals surface area contributed by atoms with Crippen LogP contribution in [0, 0.1) is 6.92 Å². The van der Waals surface area contributed by atoms with Crippen molar-refractivity contribution < 1.29 is 4.74 Å². The van der Waals surface area contributed by atoms with Crippen molar-refractivity contribution in [1.29, 1.82) is 0 Å². The summed E-state index contributed by atoms with van der Waals surface area (Å²) in [7, 11) is 1.68. The topological polar surface area (TPSA) is 59.1 Å². The first kappa shape index (κ1) is 16.6. The Morgan fingerprint density at radius 3 is 2.58 bits per heavy atom. The van der Waals surface area contributed by atoms with E-state index in [4.69, 9.17) is 4.74 Å². The van der Waals surface area contributed by atoms with Crippen LogP contribution in [0.2, 0.25) is 0 Å². The van der Waals surface area contributed by atoms with E-state index in [2.05, 4.69) is 32.7 Å². The molecule has 128 valence electrons. The number of aromatic nitrogens is 2. The summed E-state index contributed by atoms with van der Waals surface area (Å²) in [6.07, 6.45) is 6.03. The van der Waals surface area contributed by atoms with Crippen LogP contribution in [0.4, 0.5) is 11.8 Å². The van der Waals surface area contributed by atoms with Gasteiger partial charge in [-0.1, -0.05) is 25.0 Å². The molecule has 0 amide bonds. The smallest absolute Gasteiger partial charge is 0.224 e. The summed E-state index contributed by atoms with van der Waals surface area (Å²) in [6, 6.07) is 10.7. The van der Waals surface area contributed by atoms with Gasteiger partial charge in [0, 0.05) is 24.3 Å². The zero-order valence-electron chi connectivity index (χ0n) is 14.5. The van der Waals surface area contributed by atoms with Crippen LogP contribution in [0.25, 0.3) is 0 Å². The summed E-state index contributed by atoms with van der Waals surface area (Å²) < 4.78 is 5.18. The number of benzene rings is 1. The Balaban J connectivity index is 1.54. The zero-order chi connectivity index (χ0) is 16.8. The van der Waals surface area contributed by atoms with Crippen LogP contribution in [-0.2, 0) is 6.42 Å². The number of methoxy groups -OCH3 is 1. The molecule has 3 rings (SSSR count). The minimum Gasteiger partial charge on any atom is -0.497 e. The van der Waals surface area contributed by atoms with Gasteiger partial charge < -0.3 is 15.4 Å². The third-order valence-corrected chi connectivity index (χ3v) is 4.42. The predicted molar refractivity (Wildman–Crippen MR) is 97.8 cm³/mol. The Kier molecular flexibility index (Phi) is 5.51. The largest absolute Gasteiger partial charge is 0.497 e. The van der Waals surface area contributed by atoms with Crippen LogP contribution in [-0.4, -0.2) is 29.7 Å². The number of anilines is 2. The summed E-state index contributed by atoms with van der Waals surface area (Å²) in [5, 5.41) is 6.87. The Hall–Kier alpha value is -2.30. The van der Waals surface area contributed by atoms with Gasteiger partial charge >= 0.3 is 0 Å². The fourth-order valence-corrected chi connectivity index (χ4v) is 3.11. The van der Waals surface area contributed by atoms with E-state index in [1.165, 1.54) is 31.2 Å². The molecule has 5 heteroatoms. The molecule has 1 fully saturated rings. The van der Waals surface area contributed by atoms with Crippen LogP contribution in [0.3, 0.4) is 0 Å². The van der Waals surface area contributed by atoms with Gasteiger partial charge in [-0.25, -0.2) is 4.98 Å². The monoisotopic (exact) mass is 326 g/mol. The van der Waals surface area contributed by atoms with Gasteiger partial charge in [-0.05, 0) is 43.9 Å². The highest BCUT2D eigenvalue weighted by atomic mass is 16.5. The molecule has 0 spiro atoms. The second-order valence-corrected chi connectivity index (χ2v) is 6.37. The summed E-state index contributed by atoms with van der Waals surface area (Å²) in [4.78, 5) is 9.09. The van der Waals surface area contributed by atoms with Crippen molar-refractivity contribution in [2.45, 2.75) is 45.1 Å². The second-order valence-electron chi connectivity index (χ2n) is 6.37. The highest BCUT2D eigenvalue weighted by Crippen LogP contribution is 2.22. The fraction of sp³-hybridized carbons (Fsp3) is 0.474. The van der Waals surface area contributed by atoms with E-state index in [9.17, 15) is 0 Å². The van der Waals surface area contributed by atoms with Crippen molar-refractivity contribution in [3.8, 4) is 5.75 Å². The SMILES string of the molecule is COc1ccc(CCNc2nc(C)cc(NC3CCCC3)n2)cc1.